The maximum Gasteiger partial charge on any atom is 0.434 e. The van der Waals surface area contributed by atoms with E-state index in [2.05, 4.69) is 4.98 Å². The van der Waals surface area contributed by atoms with E-state index in [1.165, 1.54) is 23.2 Å². The van der Waals surface area contributed by atoms with Crippen molar-refractivity contribution in [1.29, 1.82) is 0 Å². The summed E-state index contributed by atoms with van der Waals surface area (Å²) in [6.45, 7) is 1.95. The van der Waals surface area contributed by atoms with Crippen molar-refractivity contribution in [2.45, 2.75) is 19.6 Å². The number of hydrogen-bond acceptors (Lipinski definition) is 5. The average Bonchev–Trinajstić information content (AvgIpc) is 2.66. The van der Waals surface area contributed by atoms with Crippen LogP contribution >= 0.6 is 0 Å². The first kappa shape index (κ1) is 12.2. The lowest BCUT2D eigenvalue weighted by Crippen LogP contribution is -2.21. The zero-order valence-corrected chi connectivity index (χ0v) is 8.81. The molecule has 0 amide bonds. The standard InChI is InChI=1S/C9H13N3O4/c1-2-5-16-7-8(13)6-11-4-3-10-9(11)12(14)15/h2-5,8,13H,6-7H2,1H3. The first-order valence-electron chi connectivity index (χ1n) is 4.71. The van der Waals surface area contributed by atoms with E-state index in [0.29, 0.717) is 0 Å². The Morgan fingerprint density at radius 3 is 3.19 bits per heavy atom. The first-order chi connectivity index (χ1) is 7.65. The predicted molar refractivity (Wildman–Crippen MR) is 55.7 cm³/mol. The van der Waals surface area contributed by atoms with Crippen LogP contribution in [-0.4, -0.2) is 32.3 Å². The van der Waals surface area contributed by atoms with Crippen LogP contribution in [0.25, 0.3) is 0 Å². The summed E-state index contributed by atoms with van der Waals surface area (Å²) in [6, 6.07) is 0. The predicted octanol–water partition coefficient (Wildman–Crippen LogP) is 0.702. The molecule has 0 aliphatic carbocycles. The topological polar surface area (TPSA) is 90.4 Å². The summed E-state index contributed by atoms with van der Waals surface area (Å²) in [5, 5.41) is 20.0. The molecule has 1 heterocycles. The van der Waals surface area contributed by atoms with Crippen LogP contribution in [0.2, 0.25) is 0 Å². The molecule has 1 rings (SSSR count). The van der Waals surface area contributed by atoms with Gasteiger partial charge in [0.1, 0.15) is 31.6 Å². The van der Waals surface area contributed by atoms with Crippen LogP contribution in [-0.2, 0) is 11.3 Å². The fourth-order valence-corrected chi connectivity index (χ4v) is 1.16. The molecule has 88 valence electrons. The van der Waals surface area contributed by atoms with Gasteiger partial charge in [0.15, 0.2) is 0 Å². The van der Waals surface area contributed by atoms with Crippen LogP contribution in [0.4, 0.5) is 5.95 Å². The first-order valence-corrected chi connectivity index (χ1v) is 4.71. The van der Waals surface area contributed by atoms with Crippen LogP contribution in [0, 0.1) is 10.1 Å². The van der Waals surface area contributed by atoms with Crippen molar-refractivity contribution in [3.05, 3.63) is 34.8 Å². The van der Waals surface area contributed by atoms with Gasteiger partial charge in [0.25, 0.3) is 0 Å². The van der Waals surface area contributed by atoms with Gasteiger partial charge in [-0.05, 0) is 11.8 Å². The lowest BCUT2D eigenvalue weighted by molar-refractivity contribution is -0.397. The Bertz CT molecular complexity index is 375. The van der Waals surface area contributed by atoms with Crippen molar-refractivity contribution < 1.29 is 14.8 Å². The van der Waals surface area contributed by atoms with E-state index in [0.717, 1.165) is 0 Å². The number of aliphatic hydroxyl groups is 1. The molecule has 0 aromatic carbocycles. The van der Waals surface area contributed by atoms with E-state index >= 15 is 0 Å². The Kier molecular flexibility index (Phi) is 4.46. The van der Waals surface area contributed by atoms with Crippen molar-refractivity contribution in [2.75, 3.05) is 6.61 Å². The van der Waals surface area contributed by atoms with E-state index in [4.69, 9.17) is 4.74 Å². The normalized spacial score (nSPS) is 12.9. The zero-order chi connectivity index (χ0) is 12.0. The quantitative estimate of drug-likeness (QED) is 0.439. The molecule has 1 N–H and O–H groups in total. The SMILES string of the molecule is CC=COCC(O)Cn1ccnc1[N+](=O)[O-]. The highest BCUT2D eigenvalue weighted by atomic mass is 16.6. The molecule has 7 nitrogen and oxygen atoms in total. The van der Waals surface area contributed by atoms with Crippen LogP contribution < -0.4 is 0 Å². The lowest BCUT2D eigenvalue weighted by Gasteiger charge is -2.08. The molecule has 0 radical (unpaired) electrons. The summed E-state index contributed by atoms with van der Waals surface area (Å²) < 4.78 is 6.23. The van der Waals surface area contributed by atoms with Gasteiger partial charge in [0.05, 0.1) is 6.26 Å². The van der Waals surface area contributed by atoms with Gasteiger partial charge in [-0.25, -0.2) is 4.57 Å². The molecule has 0 fully saturated rings. The zero-order valence-electron chi connectivity index (χ0n) is 8.81. The van der Waals surface area contributed by atoms with Crippen molar-refractivity contribution in [3.63, 3.8) is 0 Å². The highest BCUT2D eigenvalue weighted by Crippen LogP contribution is 2.08. The van der Waals surface area contributed by atoms with E-state index in [1.54, 1.807) is 13.0 Å². The third-order valence-corrected chi connectivity index (χ3v) is 1.79. The summed E-state index contributed by atoms with van der Waals surface area (Å²) in [7, 11) is 0. The van der Waals surface area contributed by atoms with E-state index in [-0.39, 0.29) is 19.1 Å². The maximum absolute atomic E-state index is 10.5. The van der Waals surface area contributed by atoms with Gasteiger partial charge in [-0.15, -0.1) is 0 Å². The van der Waals surface area contributed by atoms with E-state index in [9.17, 15) is 15.2 Å². The second-order valence-electron chi connectivity index (χ2n) is 3.09. The molecular formula is C9H13N3O4. The minimum atomic E-state index is -0.816. The van der Waals surface area contributed by atoms with Gasteiger partial charge in [-0.1, -0.05) is 11.1 Å². The van der Waals surface area contributed by atoms with Gasteiger partial charge in [-0.2, -0.15) is 0 Å². The van der Waals surface area contributed by atoms with Crippen molar-refractivity contribution in [1.82, 2.24) is 9.55 Å². The number of aromatic nitrogens is 2. The van der Waals surface area contributed by atoms with Crippen LogP contribution in [0.5, 0.6) is 0 Å². The highest BCUT2D eigenvalue weighted by Gasteiger charge is 2.17. The summed E-state index contributed by atoms with van der Waals surface area (Å²) in [4.78, 5) is 13.5. The fourth-order valence-electron chi connectivity index (χ4n) is 1.16. The number of aliphatic hydroxyl groups excluding tert-OH is 1. The lowest BCUT2D eigenvalue weighted by atomic mass is 10.4. The van der Waals surface area contributed by atoms with Crippen molar-refractivity contribution >= 4 is 5.95 Å². The van der Waals surface area contributed by atoms with Crippen LogP contribution in [0.3, 0.4) is 0 Å². The maximum atomic E-state index is 10.5. The molecule has 0 bridgehead atoms. The van der Waals surface area contributed by atoms with E-state index < -0.39 is 11.0 Å². The van der Waals surface area contributed by atoms with Gasteiger partial charge >= 0.3 is 5.95 Å². The molecule has 1 atom stereocenters. The summed E-state index contributed by atoms with van der Waals surface area (Å²) >= 11 is 0. The number of nitrogens with zero attached hydrogens (tertiary/aromatic N) is 3. The van der Waals surface area contributed by atoms with Crippen molar-refractivity contribution in [2.24, 2.45) is 0 Å². The number of rotatable bonds is 6. The highest BCUT2D eigenvalue weighted by molar-refractivity contribution is 5.06. The summed E-state index contributed by atoms with van der Waals surface area (Å²) in [5.74, 6) is -0.287. The Morgan fingerprint density at radius 2 is 2.56 bits per heavy atom. The van der Waals surface area contributed by atoms with Gasteiger partial charge < -0.3 is 20.0 Å². The van der Waals surface area contributed by atoms with Gasteiger partial charge in [0, 0.05) is 0 Å². The molecule has 7 heteroatoms. The molecule has 0 aliphatic heterocycles. The Labute approximate surface area is 92.1 Å². The smallest absolute Gasteiger partial charge is 0.434 e. The Hall–Kier alpha value is -1.89. The number of ether oxygens (including phenoxy) is 1. The second-order valence-corrected chi connectivity index (χ2v) is 3.09. The molecule has 0 spiro atoms. The molecule has 16 heavy (non-hydrogen) atoms. The minimum absolute atomic E-state index is 0.0772. The number of nitro groups is 1. The molecule has 1 aromatic heterocycles. The third-order valence-electron chi connectivity index (χ3n) is 1.79. The van der Waals surface area contributed by atoms with Crippen LogP contribution in [0.1, 0.15) is 6.92 Å². The molecule has 1 unspecified atom stereocenters. The third kappa shape index (κ3) is 3.35. The molecule has 1 aromatic rings. The van der Waals surface area contributed by atoms with Gasteiger partial charge in [0.2, 0.25) is 0 Å². The summed E-state index contributed by atoms with van der Waals surface area (Å²) in [6.07, 6.45) is 5.08. The Morgan fingerprint density at radius 1 is 1.81 bits per heavy atom. The fraction of sp³-hybridized carbons (Fsp3) is 0.444. The average molecular weight is 227 g/mol. The molecule has 0 saturated heterocycles. The van der Waals surface area contributed by atoms with Crippen molar-refractivity contribution in [3.8, 4) is 0 Å². The van der Waals surface area contributed by atoms with Gasteiger partial charge in [-0.3, -0.25) is 0 Å². The monoisotopic (exact) mass is 227 g/mol. The number of hydrogen-bond donors (Lipinski definition) is 1. The largest absolute Gasteiger partial charge is 0.499 e. The summed E-state index contributed by atoms with van der Waals surface area (Å²) in [5.41, 5.74) is 0. The number of allylic oxidation sites excluding steroid dienone is 1. The Balaban J connectivity index is 2.52. The minimum Gasteiger partial charge on any atom is -0.499 e. The number of imidazole rings is 1. The van der Waals surface area contributed by atoms with E-state index in [1.807, 2.05) is 0 Å². The second kappa shape index (κ2) is 5.86. The molecule has 0 saturated carbocycles. The molecular weight excluding hydrogens is 214 g/mol. The molecule has 0 aliphatic rings. The van der Waals surface area contributed by atoms with Crippen LogP contribution in [0.15, 0.2) is 24.7 Å².